The Hall–Kier alpha value is -2.05. The van der Waals surface area contributed by atoms with Crippen molar-refractivity contribution >= 4 is 0 Å². The number of rotatable bonds is 6. The molecule has 0 radical (unpaired) electrons. The molecule has 0 atom stereocenters. The van der Waals surface area contributed by atoms with Gasteiger partial charge in [0.25, 0.3) is 0 Å². The van der Waals surface area contributed by atoms with Crippen molar-refractivity contribution in [2.24, 2.45) is 0 Å². The van der Waals surface area contributed by atoms with Gasteiger partial charge in [0.1, 0.15) is 0 Å². The third-order valence-corrected chi connectivity index (χ3v) is 1.54. The average molecular weight is 236 g/mol. The van der Waals surface area contributed by atoms with Crippen LogP contribution in [0.4, 0.5) is 0 Å². The number of hydrazine groups is 1. The molecule has 0 fully saturated rings. The molecule has 0 saturated heterocycles. The van der Waals surface area contributed by atoms with E-state index >= 15 is 0 Å². The summed E-state index contributed by atoms with van der Waals surface area (Å²) in [4.78, 5) is 12.4. The second-order valence-electron chi connectivity index (χ2n) is 2.85. The van der Waals surface area contributed by atoms with Crippen LogP contribution in [0.5, 0.6) is 0 Å². The Morgan fingerprint density at radius 1 is 1.47 bits per heavy atom. The summed E-state index contributed by atoms with van der Waals surface area (Å²) in [6.07, 6.45) is 6.04. The minimum atomic E-state index is -0.611. The van der Waals surface area contributed by atoms with Gasteiger partial charge in [0, 0.05) is 25.5 Å². The van der Waals surface area contributed by atoms with Crippen LogP contribution in [0.2, 0.25) is 0 Å². The van der Waals surface area contributed by atoms with Gasteiger partial charge in [-0.2, -0.15) is 0 Å². The maximum Gasteiger partial charge on any atom is 0.227 e. The zero-order chi connectivity index (χ0) is 12.9. The van der Waals surface area contributed by atoms with Gasteiger partial charge in [0.05, 0.1) is 4.92 Å². The molecule has 0 saturated carbocycles. The highest BCUT2D eigenvalue weighted by Gasteiger charge is 1.88. The molecule has 0 bridgehead atoms. The smallest absolute Gasteiger partial charge is 0.227 e. The minimum absolute atomic E-state index is 0.611. The first kappa shape index (κ1) is 14.9. The van der Waals surface area contributed by atoms with Gasteiger partial charge in [-0.1, -0.05) is 12.1 Å². The van der Waals surface area contributed by atoms with E-state index in [1.54, 1.807) is 12.3 Å². The summed E-state index contributed by atoms with van der Waals surface area (Å²) in [5.41, 5.74) is 7.19. The molecular weight excluding hydrogens is 220 g/mol. The van der Waals surface area contributed by atoms with Crippen LogP contribution in [-0.2, 0) is 6.54 Å². The lowest BCUT2D eigenvalue weighted by atomic mass is 10.3. The zero-order valence-corrected chi connectivity index (χ0v) is 9.50. The van der Waals surface area contributed by atoms with E-state index in [1.165, 1.54) is 0 Å². The van der Waals surface area contributed by atoms with Crippen LogP contribution in [0.3, 0.4) is 0 Å². The molecule has 6 nitrogen and oxygen atoms in total. The van der Waals surface area contributed by atoms with E-state index in [9.17, 15) is 0 Å². The predicted octanol–water partition coefficient (Wildman–Crippen LogP) is 1.27. The standard InChI is InChI=1S/C9H13N3.C2H3NO2/c1-2-5-11-12-8-9-4-3-6-10-7-9;1-2-3(4)5/h2-4,6-7,11-12H,1,5,8H2;2H,1H2. The monoisotopic (exact) mass is 236 g/mol. The molecule has 0 aromatic carbocycles. The third-order valence-electron chi connectivity index (χ3n) is 1.54. The quantitative estimate of drug-likeness (QED) is 0.336. The summed E-state index contributed by atoms with van der Waals surface area (Å²) in [6, 6.07) is 3.94. The largest absolute Gasteiger partial charge is 0.264 e. The van der Waals surface area contributed by atoms with E-state index in [4.69, 9.17) is 10.1 Å². The number of hydrogen-bond donors (Lipinski definition) is 2. The fraction of sp³-hybridized carbons (Fsp3) is 0.182. The van der Waals surface area contributed by atoms with E-state index in [-0.39, 0.29) is 0 Å². The van der Waals surface area contributed by atoms with E-state index in [0.717, 1.165) is 18.7 Å². The van der Waals surface area contributed by atoms with Gasteiger partial charge in [0.15, 0.2) is 0 Å². The number of pyridine rings is 1. The zero-order valence-electron chi connectivity index (χ0n) is 9.50. The fourth-order valence-corrected chi connectivity index (χ4v) is 0.812. The molecule has 6 heteroatoms. The van der Waals surface area contributed by atoms with Crippen molar-refractivity contribution in [3.8, 4) is 0 Å². The Morgan fingerprint density at radius 2 is 2.18 bits per heavy atom. The highest BCUT2D eigenvalue weighted by molar-refractivity contribution is 5.07. The predicted molar refractivity (Wildman–Crippen MR) is 66.5 cm³/mol. The Balaban J connectivity index is 0.000000437. The number of nitro groups is 1. The van der Waals surface area contributed by atoms with Crippen LogP contribution < -0.4 is 10.9 Å². The number of aromatic nitrogens is 1. The Labute approximate surface area is 100 Å². The molecule has 0 aliphatic carbocycles. The van der Waals surface area contributed by atoms with E-state index in [1.807, 2.05) is 18.3 Å². The van der Waals surface area contributed by atoms with Crippen molar-refractivity contribution in [1.29, 1.82) is 0 Å². The Morgan fingerprint density at radius 3 is 2.65 bits per heavy atom. The Kier molecular flexibility index (Phi) is 9.20. The average Bonchev–Trinajstić information content (AvgIpc) is 2.37. The van der Waals surface area contributed by atoms with Crippen LogP contribution in [0.1, 0.15) is 5.56 Å². The fourth-order valence-electron chi connectivity index (χ4n) is 0.812. The second-order valence-corrected chi connectivity index (χ2v) is 2.85. The first-order valence-corrected chi connectivity index (χ1v) is 4.92. The summed E-state index contributed by atoms with van der Waals surface area (Å²) >= 11 is 0. The van der Waals surface area contributed by atoms with Crippen LogP contribution in [0.25, 0.3) is 0 Å². The molecule has 1 heterocycles. The summed E-state index contributed by atoms with van der Waals surface area (Å²) in [6.45, 7) is 8.00. The van der Waals surface area contributed by atoms with Gasteiger partial charge in [-0.3, -0.25) is 25.9 Å². The molecule has 17 heavy (non-hydrogen) atoms. The van der Waals surface area contributed by atoms with Crippen molar-refractivity contribution in [3.63, 3.8) is 0 Å². The molecule has 0 spiro atoms. The summed E-state index contributed by atoms with van der Waals surface area (Å²) in [5.74, 6) is 0. The van der Waals surface area contributed by atoms with Gasteiger partial charge < -0.3 is 0 Å². The third kappa shape index (κ3) is 10.2. The minimum Gasteiger partial charge on any atom is -0.264 e. The van der Waals surface area contributed by atoms with Crippen molar-refractivity contribution in [1.82, 2.24) is 15.8 Å². The van der Waals surface area contributed by atoms with Gasteiger partial charge in [-0.05, 0) is 18.2 Å². The van der Waals surface area contributed by atoms with Crippen LogP contribution in [-0.4, -0.2) is 16.5 Å². The molecule has 1 rings (SSSR count). The topological polar surface area (TPSA) is 80.1 Å². The highest BCUT2D eigenvalue weighted by atomic mass is 16.6. The van der Waals surface area contributed by atoms with Gasteiger partial charge in [-0.25, -0.2) is 0 Å². The molecule has 1 aromatic heterocycles. The van der Waals surface area contributed by atoms with Gasteiger partial charge in [-0.15, -0.1) is 6.58 Å². The van der Waals surface area contributed by atoms with Gasteiger partial charge in [0.2, 0.25) is 6.20 Å². The van der Waals surface area contributed by atoms with Crippen molar-refractivity contribution in [3.05, 3.63) is 65.6 Å². The van der Waals surface area contributed by atoms with Crippen LogP contribution >= 0.6 is 0 Å². The summed E-state index contributed by atoms with van der Waals surface area (Å²) in [5, 5.41) is 9.06. The summed E-state index contributed by atoms with van der Waals surface area (Å²) in [7, 11) is 0. The lowest BCUT2D eigenvalue weighted by molar-refractivity contribution is -0.401. The first-order valence-electron chi connectivity index (χ1n) is 4.92. The second kappa shape index (κ2) is 10.5. The van der Waals surface area contributed by atoms with E-state index in [0.29, 0.717) is 6.20 Å². The number of hydrogen-bond acceptors (Lipinski definition) is 5. The lowest BCUT2D eigenvalue weighted by Crippen LogP contribution is -2.30. The molecule has 0 aliphatic heterocycles. The molecule has 92 valence electrons. The maximum atomic E-state index is 9.06. The molecule has 0 amide bonds. The van der Waals surface area contributed by atoms with Crippen molar-refractivity contribution in [2.75, 3.05) is 6.54 Å². The molecular formula is C11H16N4O2. The van der Waals surface area contributed by atoms with E-state index in [2.05, 4.69) is 29.0 Å². The van der Waals surface area contributed by atoms with Gasteiger partial charge >= 0.3 is 0 Å². The first-order chi connectivity index (χ1) is 8.20. The molecule has 0 aliphatic rings. The van der Waals surface area contributed by atoms with Crippen molar-refractivity contribution < 1.29 is 4.92 Å². The normalized spacial score (nSPS) is 8.71. The highest BCUT2D eigenvalue weighted by Crippen LogP contribution is 1.92. The maximum absolute atomic E-state index is 9.06. The van der Waals surface area contributed by atoms with Crippen LogP contribution in [0.15, 0.2) is 50.0 Å². The van der Waals surface area contributed by atoms with Crippen molar-refractivity contribution in [2.45, 2.75) is 6.54 Å². The SMILES string of the molecule is C=CCNNCc1cccnc1.C=C[N+](=O)[O-]. The van der Waals surface area contributed by atoms with Crippen LogP contribution in [0, 0.1) is 10.1 Å². The molecule has 2 N–H and O–H groups in total. The van der Waals surface area contributed by atoms with E-state index < -0.39 is 4.92 Å². The molecule has 1 aromatic rings. The summed E-state index contributed by atoms with van der Waals surface area (Å²) < 4.78 is 0. The Bertz CT molecular complexity index is 341. The lowest BCUT2D eigenvalue weighted by Gasteiger charge is -2.03. The number of nitrogens with one attached hydrogen (secondary N) is 2. The molecule has 0 unspecified atom stereocenters. The number of nitrogens with zero attached hydrogens (tertiary/aromatic N) is 2.